The van der Waals surface area contributed by atoms with Crippen LogP contribution in [-0.2, 0) is 4.74 Å². The molecule has 1 fully saturated rings. The number of nitrogens with one attached hydrogen (secondary N) is 2. The summed E-state index contributed by atoms with van der Waals surface area (Å²) in [5.74, 6) is 1.42. The zero-order valence-electron chi connectivity index (χ0n) is 17.5. The van der Waals surface area contributed by atoms with Crippen molar-refractivity contribution in [3.63, 3.8) is 0 Å². The fraction of sp³-hybridized carbons (Fsp3) is 0.217. The van der Waals surface area contributed by atoms with Crippen LogP contribution >= 0.6 is 0 Å². The Hall–Kier alpha value is -3.82. The lowest BCUT2D eigenvalue weighted by Gasteiger charge is -2.27. The third-order valence-corrected chi connectivity index (χ3v) is 5.42. The fourth-order valence-corrected chi connectivity index (χ4v) is 3.77. The van der Waals surface area contributed by atoms with E-state index in [0.29, 0.717) is 42.1 Å². The predicted molar refractivity (Wildman–Crippen MR) is 121 cm³/mol. The number of carbonyl (C=O) groups is 1. The number of hydrogen-bond donors (Lipinski definition) is 3. The van der Waals surface area contributed by atoms with E-state index in [2.05, 4.69) is 27.5 Å². The standard InChI is InChI=1S/C23H23N7O2/c1-14-13-32-17(12-27-14)22-29-19(20-21(24)26-10-11-30(20)22)15-5-7-16(8-6-15)23(31)28-18-4-2-3-9-25-18/h2-11,14,17,27H,12-13H2,1H3,(H2,24,26)(H,25,28,31)/t14-,17+/m0/s1. The smallest absolute Gasteiger partial charge is 0.256 e. The second-order valence-corrected chi connectivity index (χ2v) is 7.73. The molecule has 0 aliphatic carbocycles. The number of ether oxygens (including phenoxy) is 1. The van der Waals surface area contributed by atoms with Gasteiger partial charge < -0.3 is 21.1 Å². The minimum atomic E-state index is -0.234. The average Bonchev–Trinajstić information content (AvgIpc) is 3.21. The number of hydrogen-bond acceptors (Lipinski definition) is 7. The lowest BCUT2D eigenvalue weighted by atomic mass is 10.1. The Morgan fingerprint density at radius 3 is 2.75 bits per heavy atom. The summed E-state index contributed by atoms with van der Waals surface area (Å²) >= 11 is 0. The summed E-state index contributed by atoms with van der Waals surface area (Å²) in [6.07, 6.45) is 4.93. The molecule has 3 aromatic heterocycles. The molecule has 1 aliphatic heterocycles. The minimum absolute atomic E-state index is 0.197. The van der Waals surface area contributed by atoms with E-state index in [1.165, 1.54) is 0 Å². The first kappa shape index (κ1) is 20.1. The molecule has 9 heteroatoms. The summed E-state index contributed by atoms with van der Waals surface area (Å²) in [4.78, 5) is 25.8. The number of nitrogens with zero attached hydrogens (tertiary/aromatic N) is 4. The number of fused-ring (bicyclic) bond motifs is 1. The van der Waals surface area contributed by atoms with Crippen LogP contribution in [0, 0.1) is 0 Å². The van der Waals surface area contributed by atoms with Crippen molar-refractivity contribution >= 4 is 23.1 Å². The number of pyridine rings is 1. The Labute approximate surface area is 184 Å². The van der Waals surface area contributed by atoms with Gasteiger partial charge in [-0.15, -0.1) is 0 Å². The van der Waals surface area contributed by atoms with E-state index in [1.807, 2.05) is 28.8 Å². The first-order valence-electron chi connectivity index (χ1n) is 10.4. The van der Waals surface area contributed by atoms with Crippen molar-refractivity contribution in [2.45, 2.75) is 19.1 Å². The lowest BCUT2D eigenvalue weighted by Crippen LogP contribution is -2.41. The number of rotatable bonds is 4. The summed E-state index contributed by atoms with van der Waals surface area (Å²) in [5, 5.41) is 6.21. The van der Waals surface area contributed by atoms with E-state index in [1.54, 1.807) is 36.7 Å². The number of benzene rings is 1. The summed E-state index contributed by atoms with van der Waals surface area (Å²) in [5.41, 5.74) is 8.99. The van der Waals surface area contributed by atoms with Crippen LogP contribution in [0.2, 0.25) is 0 Å². The van der Waals surface area contributed by atoms with Gasteiger partial charge >= 0.3 is 0 Å². The van der Waals surface area contributed by atoms with Gasteiger partial charge in [0, 0.05) is 42.3 Å². The molecule has 0 saturated carbocycles. The number of anilines is 2. The number of nitrogen functional groups attached to an aromatic ring is 1. The first-order valence-corrected chi connectivity index (χ1v) is 10.4. The van der Waals surface area contributed by atoms with E-state index in [0.717, 1.165) is 16.9 Å². The van der Waals surface area contributed by atoms with Crippen LogP contribution in [0.5, 0.6) is 0 Å². The lowest BCUT2D eigenvalue weighted by molar-refractivity contribution is 0.00167. The van der Waals surface area contributed by atoms with Gasteiger partial charge in [-0.25, -0.2) is 15.0 Å². The highest BCUT2D eigenvalue weighted by molar-refractivity contribution is 6.04. The zero-order chi connectivity index (χ0) is 22.1. The zero-order valence-corrected chi connectivity index (χ0v) is 17.5. The molecule has 1 aromatic carbocycles. The van der Waals surface area contributed by atoms with Crippen molar-refractivity contribution in [2.75, 3.05) is 24.2 Å². The van der Waals surface area contributed by atoms with Crippen LogP contribution < -0.4 is 16.4 Å². The number of amides is 1. The molecular weight excluding hydrogens is 406 g/mol. The SMILES string of the molecule is C[C@H]1CO[C@@H](c2nc(-c3ccc(C(=O)Nc4ccccn4)cc3)c3c(N)nccn23)CN1. The van der Waals surface area contributed by atoms with Crippen LogP contribution in [0.1, 0.15) is 29.2 Å². The highest BCUT2D eigenvalue weighted by Crippen LogP contribution is 2.31. The number of morpholine rings is 1. The van der Waals surface area contributed by atoms with Crippen molar-refractivity contribution in [3.05, 3.63) is 72.4 Å². The first-order chi connectivity index (χ1) is 15.6. The molecule has 2 atom stereocenters. The molecule has 0 unspecified atom stereocenters. The predicted octanol–water partition coefficient (Wildman–Crippen LogP) is 2.68. The third kappa shape index (κ3) is 3.79. The van der Waals surface area contributed by atoms with Crippen molar-refractivity contribution in [3.8, 4) is 11.3 Å². The van der Waals surface area contributed by atoms with Gasteiger partial charge in [-0.2, -0.15) is 0 Å². The highest BCUT2D eigenvalue weighted by atomic mass is 16.5. The van der Waals surface area contributed by atoms with Crippen LogP contribution in [0.15, 0.2) is 61.1 Å². The molecule has 1 aliphatic rings. The van der Waals surface area contributed by atoms with Crippen molar-refractivity contribution in [1.82, 2.24) is 24.7 Å². The molecule has 4 N–H and O–H groups in total. The molecule has 162 valence electrons. The Kier molecular flexibility index (Phi) is 5.26. The maximum Gasteiger partial charge on any atom is 0.256 e. The molecule has 32 heavy (non-hydrogen) atoms. The van der Waals surface area contributed by atoms with Gasteiger partial charge in [-0.05, 0) is 31.2 Å². The highest BCUT2D eigenvalue weighted by Gasteiger charge is 2.26. The van der Waals surface area contributed by atoms with Crippen molar-refractivity contribution in [2.24, 2.45) is 0 Å². The molecule has 0 spiro atoms. The Bertz CT molecular complexity index is 1250. The topological polar surface area (TPSA) is 119 Å². The quantitative estimate of drug-likeness (QED) is 0.456. The van der Waals surface area contributed by atoms with Crippen LogP contribution in [0.25, 0.3) is 16.8 Å². The molecule has 1 saturated heterocycles. The average molecular weight is 429 g/mol. The number of aromatic nitrogens is 4. The summed E-state index contributed by atoms with van der Waals surface area (Å²) < 4.78 is 7.95. The van der Waals surface area contributed by atoms with Gasteiger partial charge in [-0.3, -0.25) is 9.20 Å². The number of nitrogens with two attached hydrogens (primary N) is 1. The van der Waals surface area contributed by atoms with Crippen molar-refractivity contribution < 1.29 is 9.53 Å². The normalized spacial score (nSPS) is 18.5. The molecule has 4 aromatic rings. The van der Waals surface area contributed by atoms with Gasteiger partial charge in [0.15, 0.2) is 0 Å². The van der Waals surface area contributed by atoms with E-state index < -0.39 is 0 Å². The monoisotopic (exact) mass is 429 g/mol. The maximum atomic E-state index is 12.5. The maximum absolute atomic E-state index is 12.5. The van der Waals surface area contributed by atoms with Gasteiger partial charge in [0.1, 0.15) is 34.8 Å². The van der Waals surface area contributed by atoms with Gasteiger partial charge in [0.05, 0.1) is 6.61 Å². The second kappa shape index (κ2) is 8.37. The largest absolute Gasteiger partial charge is 0.382 e. The van der Waals surface area contributed by atoms with Crippen LogP contribution in [0.3, 0.4) is 0 Å². The third-order valence-electron chi connectivity index (χ3n) is 5.42. The van der Waals surface area contributed by atoms with Gasteiger partial charge in [0.25, 0.3) is 5.91 Å². The number of imidazole rings is 1. The molecular formula is C23H23N7O2. The summed E-state index contributed by atoms with van der Waals surface area (Å²) in [6, 6.07) is 12.9. The van der Waals surface area contributed by atoms with E-state index in [4.69, 9.17) is 15.5 Å². The molecule has 5 rings (SSSR count). The van der Waals surface area contributed by atoms with Gasteiger partial charge in [0.2, 0.25) is 0 Å². The summed E-state index contributed by atoms with van der Waals surface area (Å²) in [7, 11) is 0. The molecule has 1 amide bonds. The fourth-order valence-electron chi connectivity index (χ4n) is 3.77. The van der Waals surface area contributed by atoms with E-state index in [-0.39, 0.29) is 12.0 Å². The minimum Gasteiger partial charge on any atom is -0.382 e. The summed E-state index contributed by atoms with van der Waals surface area (Å²) in [6.45, 7) is 3.35. The molecule has 0 radical (unpaired) electrons. The van der Waals surface area contributed by atoms with E-state index >= 15 is 0 Å². The van der Waals surface area contributed by atoms with Crippen LogP contribution in [0.4, 0.5) is 11.6 Å². The Balaban J connectivity index is 1.47. The van der Waals surface area contributed by atoms with Crippen molar-refractivity contribution in [1.29, 1.82) is 0 Å². The second-order valence-electron chi connectivity index (χ2n) is 7.73. The molecule has 4 heterocycles. The number of carbonyl (C=O) groups excluding carboxylic acids is 1. The van der Waals surface area contributed by atoms with Crippen LogP contribution in [-0.4, -0.2) is 44.5 Å². The van der Waals surface area contributed by atoms with Gasteiger partial charge in [-0.1, -0.05) is 18.2 Å². The molecule has 9 nitrogen and oxygen atoms in total. The van der Waals surface area contributed by atoms with E-state index in [9.17, 15) is 4.79 Å². The molecule has 0 bridgehead atoms. The Morgan fingerprint density at radius 2 is 2.03 bits per heavy atom. The Morgan fingerprint density at radius 1 is 1.19 bits per heavy atom.